The van der Waals surface area contributed by atoms with Crippen LogP contribution in [0, 0.1) is 5.82 Å². The Morgan fingerprint density at radius 2 is 1.68 bits per heavy atom. The molecule has 34 heavy (non-hydrogen) atoms. The number of nitrogens with zero attached hydrogens (tertiary/aromatic N) is 5. The van der Waals surface area contributed by atoms with E-state index in [1.807, 2.05) is 16.6 Å². The molecule has 5 rings (SSSR count). The van der Waals surface area contributed by atoms with Crippen molar-refractivity contribution >= 4 is 38.8 Å². The summed E-state index contributed by atoms with van der Waals surface area (Å²) in [6.45, 7) is 11.0. The smallest absolute Gasteiger partial charge is 0.216 e. The second kappa shape index (κ2) is 9.17. The molecule has 4 aromatic rings. The molecule has 1 fully saturated rings. The minimum atomic E-state index is -0.259. The highest BCUT2D eigenvalue weighted by molar-refractivity contribution is 7.20. The maximum absolute atomic E-state index is 13.5. The van der Waals surface area contributed by atoms with Crippen molar-refractivity contribution < 1.29 is 4.39 Å². The average Bonchev–Trinajstić information content (AvgIpc) is 3.35. The third kappa shape index (κ3) is 5.04. The summed E-state index contributed by atoms with van der Waals surface area (Å²) >= 11 is 7.60. The Morgan fingerprint density at radius 1 is 1.00 bits per heavy atom. The average molecular weight is 499 g/mol. The van der Waals surface area contributed by atoms with E-state index in [1.165, 1.54) is 17.7 Å². The van der Waals surface area contributed by atoms with Gasteiger partial charge in [0.2, 0.25) is 10.1 Å². The molecule has 1 aliphatic rings. The molecular formula is C25H28ClFN6S. The molecule has 0 atom stereocenters. The van der Waals surface area contributed by atoms with Gasteiger partial charge in [-0.3, -0.25) is 4.90 Å². The molecule has 0 aliphatic carbocycles. The highest BCUT2D eigenvalue weighted by atomic mass is 35.5. The van der Waals surface area contributed by atoms with Gasteiger partial charge in [-0.15, -0.1) is 5.10 Å². The molecule has 6 nitrogen and oxygen atoms in total. The van der Waals surface area contributed by atoms with Crippen molar-refractivity contribution in [2.24, 2.45) is 0 Å². The molecule has 1 N–H and O–H groups in total. The first-order valence-corrected chi connectivity index (χ1v) is 12.6. The molecular weight excluding hydrogens is 471 g/mol. The van der Waals surface area contributed by atoms with Crippen LogP contribution in [0.25, 0.3) is 16.2 Å². The van der Waals surface area contributed by atoms with Gasteiger partial charge in [0, 0.05) is 48.8 Å². The van der Waals surface area contributed by atoms with Crippen LogP contribution in [-0.4, -0.2) is 51.2 Å². The van der Waals surface area contributed by atoms with Crippen LogP contribution in [0.5, 0.6) is 0 Å². The number of aromatic nitrogens is 3. The number of nitrogens with one attached hydrogen (secondary N) is 1. The predicted molar refractivity (Wildman–Crippen MR) is 139 cm³/mol. The van der Waals surface area contributed by atoms with E-state index in [9.17, 15) is 4.39 Å². The van der Waals surface area contributed by atoms with Crippen LogP contribution in [0.1, 0.15) is 26.3 Å². The van der Waals surface area contributed by atoms with Crippen molar-refractivity contribution in [1.29, 1.82) is 0 Å². The third-order valence-corrected chi connectivity index (χ3v) is 6.99. The van der Waals surface area contributed by atoms with Crippen LogP contribution in [0.3, 0.4) is 0 Å². The van der Waals surface area contributed by atoms with E-state index < -0.39 is 0 Å². The van der Waals surface area contributed by atoms with Gasteiger partial charge in [0.1, 0.15) is 11.5 Å². The maximum Gasteiger partial charge on any atom is 0.216 e. The molecule has 0 bridgehead atoms. The highest BCUT2D eigenvalue weighted by Gasteiger charge is 2.25. The first-order chi connectivity index (χ1) is 16.2. The second-order valence-corrected chi connectivity index (χ2v) is 11.0. The van der Waals surface area contributed by atoms with Gasteiger partial charge in [0.25, 0.3) is 0 Å². The molecule has 2 aromatic carbocycles. The first-order valence-electron chi connectivity index (χ1n) is 11.4. The Kier molecular flexibility index (Phi) is 6.22. The molecule has 0 unspecified atom stereocenters. The van der Waals surface area contributed by atoms with Crippen molar-refractivity contribution in [3.05, 3.63) is 64.9 Å². The fourth-order valence-corrected chi connectivity index (χ4v) is 5.17. The van der Waals surface area contributed by atoms with Crippen molar-refractivity contribution in [1.82, 2.24) is 19.5 Å². The van der Waals surface area contributed by atoms with Crippen molar-refractivity contribution in [2.75, 3.05) is 36.4 Å². The summed E-state index contributed by atoms with van der Waals surface area (Å²) in [7, 11) is 0. The number of hydrogen-bond acceptors (Lipinski definition) is 6. The zero-order chi connectivity index (χ0) is 23.9. The highest BCUT2D eigenvalue weighted by Crippen LogP contribution is 2.35. The van der Waals surface area contributed by atoms with Gasteiger partial charge in [0.15, 0.2) is 5.82 Å². The SMILES string of the molecule is CC(C)(C)Nc1c(-c2ccc(F)cc2)nc2sc(N3CCN(Cc4ccc(Cl)cc4)CC3)nn12. The number of hydrogen-bond donors (Lipinski definition) is 1. The summed E-state index contributed by atoms with van der Waals surface area (Å²) in [5.74, 6) is 0.573. The zero-order valence-electron chi connectivity index (χ0n) is 19.6. The maximum atomic E-state index is 13.5. The quantitative estimate of drug-likeness (QED) is 0.378. The molecule has 1 aliphatic heterocycles. The van der Waals surface area contributed by atoms with Crippen LogP contribution >= 0.6 is 22.9 Å². The number of halogens is 2. The molecule has 3 heterocycles. The summed E-state index contributed by atoms with van der Waals surface area (Å²) in [4.78, 5) is 10.5. The lowest BCUT2D eigenvalue weighted by molar-refractivity contribution is 0.249. The Balaban J connectivity index is 1.35. The van der Waals surface area contributed by atoms with Gasteiger partial charge >= 0.3 is 0 Å². The number of piperazine rings is 1. The van der Waals surface area contributed by atoms with Crippen molar-refractivity contribution in [2.45, 2.75) is 32.9 Å². The lowest BCUT2D eigenvalue weighted by Gasteiger charge is -2.34. The van der Waals surface area contributed by atoms with Crippen LogP contribution in [-0.2, 0) is 6.54 Å². The van der Waals surface area contributed by atoms with E-state index in [1.54, 1.807) is 23.5 Å². The number of rotatable bonds is 5. The predicted octanol–water partition coefficient (Wildman–Crippen LogP) is 5.78. The number of imidazole rings is 1. The lowest BCUT2D eigenvalue weighted by atomic mass is 10.1. The molecule has 9 heteroatoms. The summed E-state index contributed by atoms with van der Waals surface area (Å²) in [6.07, 6.45) is 0. The standard InChI is InChI=1S/C25H28ClFN6S/c1-25(2,3)29-22-21(18-6-10-20(27)11-7-18)28-23-33(22)30-24(34-23)32-14-12-31(13-15-32)16-17-4-8-19(26)9-5-17/h4-11,29H,12-16H2,1-3H3. The van der Waals surface area contributed by atoms with Crippen LogP contribution in [0.15, 0.2) is 48.5 Å². The Labute approximate surface area is 208 Å². The van der Waals surface area contributed by atoms with Gasteiger partial charge in [-0.2, -0.15) is 4.52 Å². The van der Waals surface area contributed by atoms with Gasteiger partial charge in [0.05, 0.1) is 0 Å². The Bertz CT molecular complexity index is 1270. The van der Waals surface area contributed by atoms with Gasteiger partial charge in [-0.05, 0) is 62.7 Å². The summed E-state index contributed by atoms with van der Waals surface area (Å²) in [5, 5.41) is 10.2. The second-order valence-electron chi connectivity index (χ2n) is 9.66. The summed E-state index contributed by atoms with van der Waals surface area (Å²) in [5.41, 5.74) is 2.75. The Morgan fingerprint density at radius 3 is 2.32 bits per heavy atom. The van der Waals surface area contributed by atoms with E-state index in [0.29, 0.717) is 0 Å². The van der Waals surface area contributed by atoms with E-state index in [-0.39, 0.29) is 11.4 Å². The van der Waals surface area contributed by atoms with E-state index in [2.05, 4.69) is 48.0 Å². The molecule has 0 spiro atoms. The van der Waals surface area contributed by atoms with E-state index in [4.69, 9.17) is 21.7 Å². The summed E-state index contributed by atoms with van der Waals surface area (Å²) in [6, 6.07) is 14.5. The Hall–Kier alpha value is -2.68. The number of anilines is 2. The normalized spacial score (nSPS) is 15.3. The minimum absolute atomic E-state index is 0.179. The topological polar surface area (TPSA) is 48.7 Å². The summed E-state index contributed by atoms with van der Waals surface area (Å²) < 4.78 is 15.4. The molecule has 0 radical (unpaired) electrons. The molecule has 0 saturated carbocycles. The van der Waals surface area contributed by atoms with E-state index >= 15 is 0 Å². The zero-order valence-corrected chi connectivity index (χ0v) is 21.1. The molecule has 178 valence electrons. The van der Waals surface area contributed by atoms with Gasteiger partial charge in [-0.25, -0.2) is 9.37 Å². The minimum Gasteiger partial charge on any atom is -0.364 e. The fraction of sp³-hybridized carbons (Fsp3) is 0.360. The monoisotopic (exact) mass is 498 g/mol. The number of fused-ring (bicyclic) bond motifs is 1. The number of benzene rings is 2. The molecule has 0 amide bonds. The first kappa shape index (κ1) is 23.1. The van der Waals surface area contributed by atoms with Crippen LogP contribution in [0.4, 0.5) is 15.3 Å². The largest absolute Gasteiger partial charge is 0.364 e. The van der Waals surface area contributed by atoms with Gasteiger partial charge < -0.3 is 10.2 Å². The van der Waals surface area contributed by atoms with Crippen molar-refractivity contribution in [3.8, 4) is 11.3 Å². The third-order valence-electron chi connectivity index (χ3n) is 5.77. The van der Waals surface area contributed by atoms with Crippen molar-refractivity contribution in [3.63, 3.8) is 0 Å². The van der Waals surface area contributed by atoms with Crippen LogP contribution in [0.2, 0.25) is 5.02 Å². The van der Waals surface area contributed by atoms with Crippen LogP contribution < -0.4 is 10.2 Å². The lowest BCUT2D eigenvalue weighted by Crippen LogP contribution is -2.46. The molecule has 2 aromatic heterocycles. The fourth-order valence-electron chi connectivity index (χ4n) is 4.09. The van der Waals surface area contributed by atoms with Gasteiger partial charge in [-0.1, -0.05) is 35.1 Å². The molecule has 1 saturated heterocycles. The van der Waals surface area contributed by atoms with E-state index in [0.717, 1.165) is 64.9 Å².